The highest BCUT2D eigenvalue weighted by Gasteiger charge is 2.26. The Morgan fingerprint density at radius 3 is 1.81 bits per heavy atom. The van der Waals surface area contributed by atoms with Gasteiger partial charge in [-0.3, -0.25) is 9.59 Å². The van der Waals surface area contributed by atoms with Gasteiger partial charge < -0.3 is 15.7 Å². The molecule has 0 spiro atoms. The van der Waals surface area contributed by atoms with Crippen LogP contribution in [0.5, 0.6) is 0 Å². The molecular formula is C24H29FN2O4. The Morgan fingerprint density at radius 1 is 0.871 bits per heavy atom. The average Bonchev–Trinajstić information content (AvgIpc) is 2.68. The van der Waals surface area contributed by atoms with Gasteiger partial charge in [-0.15, -0.1) is 0 Å². The first-order valence-corrected chi connectivity index (χ1v) is 10.1. The van der Waals surface area contributed by atoms with E-state index in [9.17, 15) is 23.9 Å². The second kappa shape index (κ2) is 10.2. The molecule has 0 aromatic heterocycles. The first-order chi connectivity index (χ1) is 14.5. The molecule has 0 saturated carbocycles. The summed E-state index contributed by atoms with van der Waals surface area (Å²) in [4.78, 5) is 36.1. The lowest BCUT2D eigenvalue weighted by atomic mass is 9.86. The van der Waals surface area contributed by atoms with Gasteiger partial charge in [0.1, 0.15) is 17.9 Å². The predicted octanol–water partition coefficient (Wildman–Crippen LogP) is 2.98. The van der Waals surface area contributed by atoms with E-state index in [2.05, 4.69) is 31.4 Å². The van der Waals surface area contributed by atoms with Crippen LogP contribution in [-0.2, 0) is 32.6 Å². The number of hydrogen-bond donors (Lipinski definition) is 3. The Bertz CT molecular complexity index is 918. The highest BCUT2D eigenvalue weighted by atomic mass is 19.1. The maximum atomic E-state index is 13.1. The van der Waals surface area contributed by atoms with Gasteiger partial charge in [-0.05, 0) is 34.2 Å². The topological polar surface area (TPSA) is 95.5 Å². The maximum absolute atomic E-state index is 13.1. The van der Waals surface area contributed by atoms with E-state index < -0.39 is 35.7 Å². The Balaban J connectivity index is 2.12. The third-order valence-corrected chi connectivity index (χ3v) is 4.92. The second-order valence-corrected chi connectivity index (χ2v) is 8.63. The third kappa shape index (κ3) is 7.51. The van der Waals surface area contributed by atoms with E-state index in [1.807, 2.05) is 24.3 Å². The first kappa shape index (κ1) is 24.1. The van der Waals surface area contributed by atoms with Crippen molar-refractivity contribution < 1.29 is 23.9 Å². The normalized spacial score (nSPS) is 13.2. The number of benzene rings is 2. The van der Waals surface area contributed by atoms with Gasteiger partial charge in [0, 0.05) is 19.8 Å². The molecule has 0 unspecified atom stereocenters. The molecule has 2 atom stereocenters. The van der Waals surface area contributed by atoms with E-state index in [1.165, 1.54) is 31.2 Å². The average molecular weight is 429 g/mol. The van der Waals surface area contributed by atoms with Crippen LogP contribution in [0.1, 0.15) is 44.4 Å². The summed E-state index contributed by atoms with van der Waals surface area (Å²) >= 11 is 0. The van der Waals surface area contributed by atoms with Crippen LogP contribution in [0.3, 0.4) is 0 Å². The number of carboxylic acids is 1. The number of halogens is 1. The minimum atomic E-state index is -1.17. The lowest BCUT2D eigenvalue weighted by Gasteiger charge is -2.22. The number of hydrogen-bond acceptors (Lipinski definition) is 3. The molecule has 0 aliphatic rings. The number of aliphatic carboxylic acids is 1. The standard InChI is InChI=1S/C24H29FN2O4/c1-15(28)26-20(13-17-7-11-19(25)12-8-17)22(29)27-21(23(30)31)14-16-5-9-18(10-6-16)24(2,3)4/h5-12,20-21H,13-14H2,1-4H3,(H,26,28)(H,27,29)(H,30,31)/t20-,21+/m1/s1. The first-order valence-electron chi connectivity index (χ1n) is 10.1. The quantitative estimate of drug-likeness (QED) is 0.602. The molecule has 0 radical (unpaired) electrons. The van der Waals surface area contributed by atoms with Crippen molar-refractivity contribution in [3.8, 4) is 0 Å². The van der Waals surface area contributed by atoms with Gasteiger partial charge in [-0.1, -0.05) is 57.2 Å². The number of nitrogens with one attached hydrogen (secondary N) is 2. The van der Waals surface area contributed by atoms with Crippen molar-refractivity contribution in [2.75, 3.05) is 0 Å². The summed E-state index contributed by atoms with van der Waals surface area (Å²) < 4.78 is 13.1. The molecule has 166 valence electrons. The van der Waals surface area contributed by atoms with Crippen molar-refractivity contribution in [3.05, 3.63) is 71.0 Å². The molecule has 2 aromatic rings. The number of rotatable bonds is 8. The molecule has 0 fully saturated rings. The highest BCUT2D eigenvalue weighted by Crippen LogP contribution is 2.22. The summed E-state index contributed by atoms with van der Waals surface area (Å²) in [6, 6.07) is 11.0. The minimum Gasteiger partial charge on any atom is -0.480 e. The Labute approximate surface area is 181 Å². The molecule has 0 aliphatic carbocycles. The molecule has 0 saturated heterocycles. The van der Waals surface area contributed by atoms with Gasteiger partial charge >= 0.3 is 5.97 Å². The van der Waals surface area contributed by atoms with Crippen LogP contribution in [0.2, 0.25) is 0 Å². The Morgan fingerprint density at radius 2 is 1.35 bits per heavy atom. The van der Waals surface area contributed by atoms with Gasteiger partial charge in [-0.25, -0.2) is 9.18 Å². The van der Waals surface area contributed by atoms with E-state index in [0.29, 0.717) is 5.56 Å². The number of carbonyl (C=O) groups is 3. The van der Waals surface area contributed by atoms with Crippen molar-refractivity contribution in [3.63, 3.8) is 0 Å². The van der Waals surface area contributed by atoms with Crippen LogP contribution < -0.4 is 10.6 Å². The highest BCUT2D eigenvalue weighted by molar-refractivity contribution is 5.90. The van der Waals surface area contributed by atoms with Crippen molar-refractivity contribution in [2.45, 2.75) is 58.0 Å². The van der Waals surface area contributed by atoms with Crippen molar-refractivity contribution in [1.82, 2.24) is 10.6 Å². The molecular weight excluding hydrogens is 399 g/mol. The fraction of sp³-hybridized carbons (Fsp3) is 0.375. The summed E-state index contributed by atoms with van der Waals surface area (Å²) in [6.45, 7) is 7.54. The number of carbonyl (C=O) groups excluding carboxylic acids is 2. The van der Waals surface area contributed by atoms with Crippen LogP contribution in [0, 0.1) is 5.82 Å². The van der Waals surface area contributed by atoms with Crippen LogP contribution >= 0.6 is 0 Å². The molecule has 2 rings (SSSR count). The van der Waals surface area contributed by atoms with E-state index in [-0.39, 0.29) is 18.3 Å². The molecule has 6 nitrogen and oxygen atoms in total. The van der Waals surface area contributed by atoms with Crippen molar-refractivity contribution >= 4 is 17.8 Å². The van der Waals surface area contributed by atoms with E-state index in [4.69, 9.17) is 0 Å². The molecule has 2 amide bonds. The van der Waals surface area contributed by atoms with Gasteiger partial charge in [0.25, 0.3) is 0 Å². The lowest BCUT2D eigenvalue weighted by molar-refractivity contribution is -0.142. The minimum absolute atomic E-state index is 0.0229. The summed E-state index contributed by atoms with van der Waals surface area (Å²) in [5, 5.41) is 14.7. The maximum Gasteiger partial charge on any atom is 0.326 e. The fourth-order valence-electron chi connectivity index (χ4n) is 3.16. The third-order valence-electron chi connectivity index (χ3n) is 4.92. The molecule has 2 aromatic carbocycles. The van der Waals surface area contributed by atoms with Gasteiger partial charge in [-0.2, -0.15) is 0 Å². The molecule has 0 aliphatic heterocycles. The zero-order valence-corrected chi connectivity index (χ0v) is 18.2. The number of carboxylic acid groups (broad SMARTS) is 1. The van der Waals surface area contributed by atoms with E-state index in [1.54, 1.807) is 0 Å². The van der Waals surface area contributed by atoms with E-state index in [0.717, 1.165) is 11.1 Å². The Hall–Kier alpha value is -3.22. The molecule has 7 heteroatoms. The van der Waals surface area contributed by atoms with E-state index >= 15 is 0 Å². The summed E-state index contributed by atoms with van der Waals surface area (Å²) in [6.07, 6.45) is 0.215. The van der Waals surface area contributed by atoms with Crippen LogP contribution in [0.25, 0.3) is 0 Å². The monoisotopic (exact) mass is 428 g/mol. The van der Waals surface area contributed by atoms with Crippen molar-refractivity contribution in [1.29, 1.82) is 0 Å². The largest absolute Gasteiger partial charge is 0.480 e. The lowest BCUT2D eigenvalue weighted by Crippen LogP contribution is -2.52. The van der Waals surface area contributed by atoms with Gasteiger partial charge in [0.15, 0.2) is 0 Å². The molecule has 3 N–H and O–H groups in total. The SMILES string of the molecule is CC(=O)N[C@H](Cc1ccc(F)cc1)C(=O)N[C@@H](Cc1ccc(C(C)(C)C)cc1)C(=O)O. The van der Waals surface area contributed by atoms with Crippen LogP contribution in [-0.4, -0.2) is 35.0 Å². The molecule has 31 heavy (non-hydrogen) atoms. The molecule has 0 heterocycles. The van der Waals surface area contributed by atoms with Crippen LogP contribution in [0.15, 0.2) is 48.5 Å². The van der Waals surface area contributed by atoms with Gasteiger partial charge in [0.2, 0.25) is 11.8 Å². The smallest absolute Gasteiger partial charge is 0.326 e. The number of amides is 2. The zero-order valence-electron chi connectivity index (χ0n) is 18.2. The summed E-state index contributed by atoms with van der Waals surface area (Å²) in [7, 11) is 0. The van der Waals surface area contributed by atoms with Gasteiger partial charge in [0.05, 0.1) is 0 Å². The summed E-state index contributed by atoms with van der Waals surface area (Å²) in [5.74, 6) is -2.62. The predicted molar refractivity (Wildman–Crippen MR) is 116 cm³/mol. The van der Waals surface area contributed by atoms with Crippen LogP contribution in [0.4, 0.5) is 4.39 Å². The second-order valence-electron chi connectivity index (χ2n) is 8.63. The zero-order chi connectivity index (χ0) is 23.2. The summed E-state index contributed by atoms with van der Waals surface area (Å²) in [5.41, 5.74) is 2.51. The van der Waals surface area contributed by atoms with Crippen molar-refractivity contribution in [2.24, 2.45) is 0 Å². The molecule has 0 bridgehead atoms. The fourth-order valence-corrected chi connectivity index (χ4v) is 3.16. The Kier molecular flexibility index (Phi) is 7.91.